The number of aryl methyl sites for hydroxylation is 1. The molecule has 4 aromatic rings. The molecule has 0 saturated carbocycles. The maximum Gasteiger partial charge on any atom is 0.165 e. The molecule has 31 heavy (non-hydrogen) atoms. The standard InChI is InChI=1S/C25H24ClN5/c1-17-6-9-27-22(21(17)26)24-29-16-20-23(28-10-13-31(20)24)30-11-7-25(8-12-30)14-18-4-2-3-5-19(18)15-25/h2-6,9-10,13,16H,7-8,11-12,14-15H2,1H3. The molecule has 0 amide bonds. The van der Waals surface area contributed by atoms with Crippen molar-refractivity contribution in [1.29, 1.82) is 0 Å². The van der Waals surface area contributed by atoms with Crippen molar-refractivity contribution >= 4 is 22.9 Å². The highest BCUT2D eigenvalue weighted by molar-refractivity contribution is 6.33. The molecule has 4 heterocycles. The summed E-state index contributed by atoms with van der Waals surface area (Å²) in [5, 5.41) is 0.647. The lowest BCUT2D eigenvalue weighted by molar-refractivity contribution is 0.232. The summed E-state index contributed by atoms with van der Waals surface area (Å²) >= 11 is 6.54. The van der Waals surface area contributed by atoms with Gasteiger partial charge in [0.25, 0.3) is 0 Å². The van der Waals surface area contributed by atoms with Crippen LogP contribution in [0, 0.1) is 12.3 Å². The molecule has 0 unspecified atom stereocenters. The molecule has 6 rings (SSSR count). The fourth-order valence-electron chi connectivity index (χ4n) is 5.35. The number of piperidine rings is 1. The molecule has 2 aliphatic rings. The van der Waals surface area contributed by atoms with Gasteiger partial charge >= 0.3 is 0 Å². The molecule has 3 aromatic heterocycles. The topological polar surface area (TPSA) is 46.3 Å². The van der Waals surface area contributed by atoms with E-state index in [9.17, 15) is 0 Å². The third kappa shape index (κ3) is 3.02. The van der Waals surface area contributed by atoms with Crippen molar-refractivity contribution in [2.75, 3.05) is 18.0 Å². The lowest BCUT2D eigenvalue weighted by Crippen LogP contribution is -2.41. The molecular formula is C25H24ClN5. The van der Waals surface area contributed by atoms with Crippen molar-refractivity contribution in [3.8, 4) is 11.5 Å². The van der Waals surface area contributed by atoms with Crippen LogP contribution in [0.2, 0.25) is 5.02 Å². The Morgan fingerprint density at radius 3 is 2.42 bits per heavy atom. The van der Waals surface area contributed by atoms with Crippen LogP contribution in [-0.4, -0.2) is 32.4 Å². The minimum Gasteiger partial charge on any atom is -0.355 e. The van der Waals surface area contributed by atoms with E-state index in [1.165, 1.54) is 25.7 Å². The fourth-order valence-corrected chi connectivity index (χ4v) is 5.54. The summed E-state index contributed by atoms with van der Waals surface area (Å²) < 4.78 is 2.06. The highest BCUT2D eigenvalue weighted by Crippen LogP contribution is 2.45. The van der Waals surface area contributed by atoms with Gasteiger partial charge in [-0.2, -0.15) is 0 Å². The van der Waals surface area contributed by atoms with E-state index in [4.69, 9.17) is 16.6 Å². The third-order valence-electron chi connectivity index (χ3n) is 7.11. The van der Waals surface area contributed by atoms with Gasteiger partial charge in [-0.1, -0.05) is 35.9 Å². The number of hydrogen-bond donors (Lipinski definition) is 0. The van der Waals surface area contributed by atoms with Gasteiger partial charge in [-0.25, -0.2) is 9.97 Å². The lowest BCUT2D eigenvalue weighted by atomic mass is 9.76. The third-order valence-corrected chi connectivity index (χ3v) is 7.58. The minimum absolute atomic E-state index is 0.412. The molecule has 156 valence electrons. The van der Waals surface area contributed by atoms with E-state index in [2.05, 4.69) is 43.5 Å². The summed E-state index contributed by atoms with van der Waals surface area (Å²) in [6, 6.07) is 10.9. The zero-order valence-corrected chi connectivity index (χ0v) is 18.3. The highest BCUT2D eigenvalue weighted by Gasteiger charge is 2.40. The van der Waals surface area contributed by atoms with Crippen molar-refractivity contribution in [2.24, 2.45) is 5.41 Å². The number of fused-ring (bicyclic) bond motifs is 2. The first-order valence-corrected chi connectivity index (χ1v) is 11.3. The molecule has 1 aromatic carbocycles. The van der Waals surface area contributed by atoms with E-state index in [0.717, 1.165) is 35.8 Å². The second-order valence-corrected chi connectivity index (χ2v) is 9.37. The highest BCUT2D eigenvalue weighted by atomic mass is 35.5. The Morgan fingerprint density at radius 2 is 1.68 bits per heavy atom. The van der Waals surface area contributed by atoms with Crippen molar-refractivity contribution in [3.05, 3.63) is 76.8 Å². The summed E-state index contributed by atoms with van der Waals surface area (Å²) in [5.74, 6) is 1.75. The number of halogens is 1. The van der Waals surface area contributed by atoms with E-state index in [1.54, 1.807) is 17.3 Å². The monoisotopic (exact) mass is 429 g/mol. The Balaban J connectivity index is 1.29. The Morgan fingerprint density at radius 1 is 0.935 bits per heavy atom. The van der Waals surface area contributed by atoms with Gasteiger partial charge in [-0.05, 0) is 60.8 Å². The van der Waals surface area contributed by atoms with Crippen LogP contribution >= 0.6 is 11.6 Å². The smallest absolute Gasteiger partial charge is 0.165 e. The van der Waals surface area contributed by atoms with Gasteiger partial charge in [-0.15, -0.1) is 0 Å². The molecule has 0 radical (unpaired) electrons. The van der Waals surface area contributed by atoms with Gasteiger partial charge in [0, 0.05) is 31.7 Å². The lowest BCUT2D eigenvalue weighted by Gasteiger charge is -2.40. The fraction of sp³-hybridized carbons (Fsp3) is 0.320. The second kappa shape index (κ2) is 7.06. The Labute approximate surface area is 186 Å². The zero-order chi connectivity index (χ0) is 21.0. The number of rotatable bonds is 2. The molecule has 0 atom stereocenters. The molecule has 1 saturated heterocycles. The zero-order valence-electron chi connectivity index (χ0n) is 17.6. The predicted molar refractivity (Wildman–Crippen MR) is 124 cm³/mol. The number of nitrogens with zero attached hydrogens (tertiary/aromatic N) is 5. The van der Waals surface area contributed by atoms with Crippen LogP contribution in [-0.2, 0) is 12.8 Å². The molecule has 5 nitrogen and oxygen atoms in total. The first-order valence-electron chi connectivity index (χ1n) is 10.9. The Bertz CT molecular complexity index is 1260. The van der Waals surface area contributed by atoms with Crippen LogP contribution in [0.3, 0.4) is 0 Å². The molecule has 0 bridgehead atoms. The van der Waals surface area contributed by atoms with Gasteiger partial charge in [0.1, 0.15) is 11.2 Å². The van der Waals surface area contributed by atoms with Crippen LogP contribution in [0.15, 0.2) is 55.1 Å². The van der Waals surface area contributed by atoms with E-state index in [1.807, 2.05) is 31.6 Å². The summed E-state index contributed by atoms with van der Waals surface area (Å²) in [7, 11) is 0. The predicted octanol–water partition coefficient (Wildman–Crippen LogP) is 5.14. The summed E-state index contributed by atoms with van der Waals surface area (Å²) in [6.45, 7) is 4.02. The Kier molecular flexibility index (Phi) is 4.29. The van der Waals surface area contributed by atoms with E-state index < -0.39 is 0 Å². The van der Waals surface area contributed by atoms with Gasteiger partial charge < -0.3 is 4.90 Å². The van der Waals surface area contributed by atoms with Crippen molar-refractivity contribution < 1.29 is 0 Å². The average Bonchev–Trinajstić information content (AvgIpc) is 3.37. The second-order valence-electron chi connectivity index (χ2n) is 8.99. The molecule has 0 N–H and O–H groups in total. The normalized spacial score (nSPS) is 17.4. The maximum absolute atomic E-state index is 6.54. The number of hydrogen-bond acceptors (Lipinski definition) is 4. The first-order chi connectivity index (χ1) is 15.1. The molecule has 1 aliphatic carbocycles. The van der Waals surface area contributed by atoms with Crippen molar-refractivity contribution in [3.63, 3.8) is 0 Å². The van der Waals surface area contributed by atoms with Crippen molar-refractivity contribution in [2.45, 2.75) is 32.6 Å². The van der Waals surface area contributed by atoms with E-state index in [0.29, 0.717) is 16.1 Å². The Hall–Kier alpha value is -2.92. The van der Waals surface area contributed by atoms with Gasteiger partial charge in [0.05, 0.1) is 11.2 Å². The molecular weight excluding hydrogens is 406 g/mol. The summed E-state index contributed by atoms with van der Waals surface area (Å²) in [5.41, 5.74) is 6.20. The molecule has 1 spiro atoms. The van der Waals surface area contributed by atoms with Gasteiger partial charge in [0.15, 0.2) is 11.6 Å². The summed E-state index contributed by atoms with van der Waals surface area (Å²) in [6.07, 6.45) is 12.3. The van der Waals surface area contributed by atoms with Crippen LogP contribution in [0.1, 0.15) is 29.5 Å². The van der Waals surface area contributed by atoms with E-state index >= 15 is 0 Å². The number of aromatic nitrogens is 4. The molecule has 6 heteroatoms. The average molecular weight is 430 g/mol. The van der Waals surface area contributed by atoms with Crippen LogP contribution in [0.5, 0.6) is 0 Å². The van der Waals surface area contributed by atoms with Crippen LogP contribution in [0.4, 0.5) is 5.82 Å². The number of anilines is 1. The van der Waals surface area contributed by atoms with E-state index in [-0.39, 0.29) is 0 Å². The molecule has 1 fully saturated rings. The largest absolute Gasteiger partial charge is 0.355 e. The van der Waals surface area contributed by atoms with Gasteiger partial charge in [0.2, 0.25) is 0 Å². The minimum atomic E-state index is 0.412. The van der Waals surface area contributed by atoms with Crippen LogP contribution in [0.25, 0.3) is 17.0 Å². The molecule has 1 aliphatic heterocycles. The van der Waals surface area contributed by atoms with Crippen molar-refractivity contribution in [1.82, 2.24) is 19.4 Å². The van der Waals surface area contributed by atoms with Gasteiger partial charge in [-0.3, -0.25) is 9.38 Å². The number of benzene rings is 1. The quantitative estimate of drug-likeness (QED) is 0.442. The maximum atomic E-state index is 6.54. The van der Waals surface area contributed by atoms with Crippen LogP contribution < -0.4 is 4.90 Å². The summed E-state index contributed by atoms with van der Waals surface area (Å²) in [4.78, 5) is 16.3. The number of pyridine rings is 1. The SMILES string of the molecule is Cc1ccnc(-c2ncc3c(N4CCC5(CC4)Cc4ccccc4C5)nccn23)c1Cl. The number of imidazole rings is 1. The first kappa shape index (κ1) is 18.8.